The summed E-state index contributed by atoms with van der Waals surface area (Å²) in [5, 5.41) is 3.71. The van der Waals surface area contributed by atoms with Crippen LogP contribution in [0.4, 0.5) is 0 Å². The fourth-order valence-electron chi connectivity index (χ4n) is 2.19. The Morgan fingerprint density at radius 3 is 2.70 bits per heavy atom. The van der Waals surface area contributed by atoms with Gasteiger partial charge in [0.15, 0.2) is 5.76 Å². The lowest BCUT2D eigenvalue weighted by Crippen LogP contribution is -2.27. The molecule has 0 spiro atoms. The van der Waals surface area contributed by atoms with Crippen LogP contribution >= 0.6 is 11.8 Å². The average molecular weight is 327 g/mol. The second kappa shape index (κ2) is 7.24. The Labute approximate surface area is 138 Å². The number of ether oxygens (including phenoxy) is 1. The van der Waals surface area contributed by atoms with Crippen LogP contribution < -0.4 is 10.1 Å². The standard InChI is InChI=1S/C18H17NO3S/c1-23-15-8-6-14(7-9-15)21-11-10-19-18(20)17-12-13-4-2-3-5-16(13)22-17/h2-9,12H,10-11H2,1H3,(H,19,20). The molecule has 5 heteroatoms. The van der Waals surface area contributed by atoms with Crippen molar-refractivity contribution in [2.24, 2.45) is 0 Å². The summed E-state index contributed by atoms with van der Waals surface area (Å²) in [4.78, 5) is 13.2. The fourth-order valence-corrected chi connectivity index (χ4v) is 2.59. The Kier molecular flexibility index (Phi) is 4.88. The van der Waals surface area contributed by atoms with Gasteiger partial charge in [0.05, 0.1) is 6.54 Å². The van der Waals surface area contributed by atoms with E-state index in [4.69, 9.17) is 9.15 Å². The largest absolute Gasteiger partial charge is 0.492 e. The predicted molar refractivity (Wildman–Crippen MR) is 92.3 cm³/mol. The number of thioether (sulfide) groups is 1. The van der Waals surface area contributed by atoms with Crippen LogP contribution in [0.25, 0.3) is 11.0 Å². The number of amides is 1. The molecule has 0 aliphatic carbocycles. The zero-order valence-electron chi connectivity index (χ0n) is 12.7. The summed E-state index contributed by atoms with van der Waals surface area (Å²) in [5.74, 6) is 0.874. The minimum atomic E-state index is -0.234. The van der Waals surface area contributed by atoms with Gasteiger partial charge in [0.2, 0.25) is 0 Å². The summed E-state index contributed by atoms with van der Waals surface area (Å²) >= 11 is 1.69. The number of rotatable bonds is 6. The molecule has 0 saturated carbocycles. The number of fused-ring (bicyclic) bond motifs is 1. The van der Waals surface area contributed by atoms with Gasteiger partial charge < -0.3 is 14.5 Å². The van der Waals surface area contributed by atoms with Gasteiger partial charge in [-0.15, -0.1) is 11.8 Å². The molecule has 1 N–H and O–H groups in total. The second-order valence-corrected chi connectivity index (χ2v) is 5.81. The van der Waals surface area contributed by atoms with E-state index in [-0.39, 0.29) is 5.91 Å². The molecular weight excluding hydrogens is 310 g/mol. The molecular formula is C18H17NO3S. The number of hydrogen-bond acceptors (Lipinski definition) is 4. The van der Waals surface area contributed by atoms with Crippen molar-refractivity contribution in [3.8, 4) is 5.75 Å². The first-order valence-electron chi connectivity index (χ1n) is 7.30. The summed E-state index contributed by atoms with van der Waals surface area (Å²) < 4.78 is 11.1. The quantitative estimate of drug-likeness (QED) is 0.550. The Morgan fingerprint density at radius 2 is 1.96 bits per heavy atom. The highest BCUT2D eigenvalue weighted by Crippen LogP contribution is 2.19. The molecule has 0 saturated heterocycles. The summed E-state index contributed by atoms with van der Waals surface area (Å²) in [5.41, 5.74) is 0.711. The molecule has 118 valence electrons. The lowest BCUT2D eigenvalue weighted by molar-refractivity contribution is 0.0921. The molecule has 3 aromatic rings. The zero-order valence-corrected chi connectivity index (χ0v) is 13.6. The highest BCUT2D eigenvalue weighted by atomic mass is 32.2. The van der Waals surface area contributed by atoms with Crippen LogP contribution in [0, 0.1) is 0 Å². The molecule has 0 bridgehead atoms. The Bertz CT molecular complexity index is 762. The second-order valence-electron chi connectivity index (χ2n) is 4.93. The molecule has 3 rings (SSSR count). The molecule has 1 amide bonds. The van der Waals surface area contributed by atoms with E-state index in [1.54, 1.807) is 17.8 Å². The molecule has 4 nitrogen and oxygen atoms in total. The predicted octanol–water partition coefficient (Wildman–Crippen LogP) is 3.96. The molecule has 0 radical (unpaired) electrons. The summed E-state index contributed by atoms with van der Waals surface area (Å²) in [6, 6.07) is 17.1. The van der Waals surface area contributed by atoms with Crippen molar-refractivity contribution in [3.63, 3.8) is 0 Å². The molecule has 1 aromatic heterocycles. The summed E-state index contributed by atoms with van der Waals surface area (Å²) in [6.45, 7) is 0.824. The molecule has 0 atom stereocenters. The lowest BCUT2D eigenvalue weighted by atomic mass is 10.2. The molecule has 0 aliphatic heterocycles. The van der Waals surface area contributed by atoms with Crippen LogP contribution in [0.3, 0.4) is 0 Å². The molecule has 1 heterocycles. The van der Waals surface area contributed by atoms with Crippen LogP contribution in [-0.2, 0) is 0 Å². The maximum absolute atomic E-state index is 12.0. The normalized spacial score (nSPS) is 10.7. The highest BCUT2D eigenvalue weighted by molar-refractivity contribution is 7.98. The van der Waals surface area contributed by atoms with E-state index in [9.17, 15) is 4.79 Å². The van der Waals surface area contributed by atoms with Crippen LogP contribution in [-0.4, -0.2) is 25.3 Å². The van der Waals surface area contributed by atoms with Crippen LogP contribution in [0.2, 0.25) is 0 Å². The van der Waals surface area contributed by atoms with Gasteiger partial charge in [0, 0.05) is 10.3 Å². The topological polar surface area (TPSA) is 51.5 Å². The maximum Gasteiger partial charge on any atom is 0.287 e. The monoisotopic (exact) mass is 327 g/mol. The van der Waals surface area contributed by atoms with E-state index >= 15 is 0 Å². The van der Waals surface area contributed by atoms with E-state index < -0.39 is 0 Å². The zero-order chi connectivity index (χ0) is 16.1. The van der Waals surface area contributed by atoms with E-state index in [2.05, 4.69) is 5.32 Å². The van der Waals surface area contributed by atoms with Crippen molar-refractivity contribution in [1.82, 2.24) is 5.32 Å². The van der Waals surface area contributed by atoms with E-state index in [0.717, 1.165) is 11.1 Å². The number of nitrogens with one attached hydrogen (secondary N) is 1. The first-order chi connectivity index (χ1) is 11.3. The van der Waals surface area contributed by atoms with Crippen molar-refractivity contribution < 1.29 is 13.9 Å². The third-order valence-electron chi connectivity index (χ3n) is 3.37. The first kappa shape index (κ1) is 15.5. The number of hydrogen-bond donors (Lipinski definition) is 1. The van der Waals surface area contributed by atoms with E-state index in [1.165, 1.54) is 4.90 Å². The van der Waals surface area contributed by atoms with Gasteiger partial charge in [-0.05, 0) is 42.7 Å². The summed E-state index contributed by atoms with van der Waals surface area (Å²) in [6.07, 6.45) is 2.03. The molecule has 0 unspecified atom stereocenters. The third kappa shape index (κ3) is 3.87. The van der Waals surface area contributed by atoms with Gasteiger partial charge in [-0.2, -0.15) is 0 Å². The van der Waals surface area contributed by atoms with Crippen LogP contribution in [0.5, 0.6) is 5.75 Å². The smallest absolute Gasteiger partial charge is 0.287 e. The average Bonchev–Trinajstić information content (AvgIpc) is 3.03. The van der Waals surface area contributed by atoms with Gasteiger partial charge in [-0.1, -0.05) is 18.2 Å². The third-order valence-corrected chi connectivity index (χ3v) is 4.11. The Morgan fingerprint density at radius 1 is 1.17 bits per heavy atom. The van der Waals surface area contributed by atoms with E-state index in [1.807, 2.05) is 54.8 Å². The van der Waals surface area contributed by atoms with E-state index in [0.29, 0.717) is 24.5 Å². The number of carbonyl (C=O) groups excluding carboxylic acids is 1. The van der Waals surface area contributed by atoms with Gasteiger partial charge in [0.1, 0.15) is 17.9 Å². The van der Waals surface area contributed by atoms with Crippen LogP contribution in [0.1, 0.15) is 10.6 Å². The van der Waals surface area contributed by atoms with Crippen LogP contribution in [0.15, 0.2) is 63.9 Å². The first-order valence-corrected chi connectivity index (χ1v) is 8.52. The van der Waals surface area contributed by atoms with Crippen molar-refractivity contribution in [2.45, 2.75) is 4.90 Å². The maximum atomic E-state index is 12.0. The molecule has 2 aromatic carbocycles. The van der Waals surface area contributed by atoms with Gasteiger partial charge in [0.25, 0.3) is 5.91 Å². The van der Waals surface area contributed by atoms with Crippen molar-refractivity contribution in [1.29, 1.82) is 0 Å². The number of para-hydroxylation sites is 1. The van der Waals surface area contributed by atoms with Crippen molar-refractivity contribution >= 4 is 28.6 Å². The lowest BCUT2D eigenvalue weighted by Gasteiger charge is -2.07. The SMILES string of the molecule is CSc1ccc(OCCNC(=O)c2cc3ccccc3o2)cc1. The Balaban J connectivity index is 1.48. The van der Waals surface area contributed by atoms with Crippen molar-refractivity contribution in [3.05, 3.63) is 60.4 Å². The number of carbonyl (C=O) groups is 1. The van der Waals surface area contributed by atoms with Crippen molar-refractivity contribution in [2.75, 3.05) is 19.4 Å². The Hall–Kier alpha value is -2.40. The molecule has 0 aliphatic rings. The van der Waals surface area contributed by atoms with Gasteiger partial charge in [-0.25, -0.2) is 0 Å². The summed E-state index contributed by atoms with van der Waals surface area (Å²) in [7, 11) is 0. The van der Waals surface area contributed by atoms with Gasteiger partial charge in [-0.3, -0.25) is 4.79 Å². The number of benzene rings is 2. The highest BCUT2D eigenvalue weighted by Gasteiger charge is 2.11. The minimum absolute atomic E-state index is 0.234. The minimum Gasteiger partial charge on any atom is -0.492 e. The number of furan rings is 1. The fraction of sp³-hybridized carbons (Fsp3) is 0.167. The molecule has 23 heavy (non-hydrogen) atoms. The molecule has 0 fully saturated rings. The van der Waals surface area contributed by atoms with Gasteiger partial charge >= 0.3 is 0 Å².